The molecule has 3 rings (SSSR count). The van der Waals surface area contributed by atoms with Gasteiger partial charge in [0.25, 0.3) is 5.91 Å². The summed E-state index contributed by atoms with van der Waals surface area (Å²) >= 11 is 1.50. The van der Waals surface area contributed by atoms with E-state index in [2.05, 4.69) is 10.3 Å². The molecule has 0 saturated heterocycles. The van der Waals surface area contributed by atoms with Gasteiger partial charge in [-0.15, -0.1) is 11.3 Å². The largest absolute Gasteiger partial charge is 0.458 e. The minimum absolute atomic E-state index is 0.0771. The third kappa shape index (κ3) is 4.55. The van der Waals surface area contributed by atoms with E-state index in [1.165, 1.54) is 11.3 Å². The molecule has 0 aliphatic rings. The first kappa shape index (κ1) is 17.8. The van der Waals surface area contributed by atoms with Gasteiger partial charge >= 0.3 is 5.97 Å². The number of hydrogen-bond donors (Lipinski definition) is 1. The van der Waals surface area contributed by atoms with Crippen molar-refractivity contribution < 1.29 is 14.3 Å². The molecule has 1 N–H and O–H groups in total. The number of nitrogens with zero attached hydrogens (tertiary/aromatic N) is 1. The number of carbonyl (C=O) groups is 2. The molecule has 5 nitrogen and oxygen atoms in total. The monoisotopic (exact) mass is 366 g/mol. The molecule has 132 valence electrons. The fourth-order valence-electron chi connectivity index (χ4n) is 2.29. The lowest BCUT2D eigenvalue weighted by Crippen LogP contribution is -2.39. The Bertz CT molecular complexity index is 878. The van der Waals surface area contributed by atoms with Gasteiger partial charge in [-0.2, -0.15) is 0 Å². The van der Waals surface area contributed by atoms with Crippen molar-refractivity contribution in [3.8, 4) is 10.6 Å². The van der Waals surface area contributed by atoms with E-state index in [4.69, 9.17) is 4.74 Å². The number of amides is 1. The maximum Gasteiger partial charge on any atom is 0.328 e. The minimum Gasteiger partial charge on any atom is -0.458 e. The SMILES string of the molecule is C[C@@H](NC(=O)c1ccccc1)C(=O)OCc1csc(-c2ccccc2)n1. The number of rotatable bonds is 6. The van der Waals surface area contributed by atoms with Gasteiger partial charge < -0.3 is 10.1 Å². The smallest absolute Gasteiger partial charge is 0.328 e. The van der Waals surface area contributed by atoms with E-state index in [9.17, 15) is 9.59 Å². The summed E-state index contributed by atoms with van der Waals surface area (Å²) in [5.41, 5.74) is 2.21. The van der Waals surface area contributed by atoms with E-state index in [1.807, 2.05) is 41.8 Å². The van der Waals surface area contributed by atoms with E-state index < -0.39 is 12.0 Å². The summed E-state index contributed by atoms with van der Waals surface area (Å²) in [5.74, 6) is -0.807. The van der Waals surface area contributed by atoms with Crippen LogP contribution in [0, 0.1) is 0 Å². The lowest BCUT2D eigenvalue weighted by atomic mass is 10.2. The second-order valence-electron chi connectivity index (χ2n) is 5.68. The summed E-state index contributed by atoms with van der Waals surface area (Å²) in [5, 5.41) is 5.37. The van der Waals surface area contributed by atoms with Crippen LogP contribution in [-0.4, -0.2) is 22.9 Å². The minimum atomic E-state index is -0.741. The maximum atomic E-state index is 12.1. The topological polar surface area (TPSA) is 68.3 Å². The Morgan fingerprint density at radius 2 is 1.73 bits per heavy atom. The molecule has 1 aromatic heterocycles. The van der Waals surface area contributed by atoms with Crippen molar-refractivity contribution in [1.29, 1.82) is 0 Å². The van der Waals surface area contributed by atoms with Crippen LogP contribution in [-0.2, 0) is 16.1 Å². The average molecular weight is 366 g/mol. The van der Waals surface area contributed by atoms with E-state index in [1.54, 1.807) is 31.2 Å². The van der Waals surface area contributed by atoms with Crippen molar-refractivity contribution in [2.24, 2.45) is 0 Å². The maximum absolute atomic E-state index is 12.1. The zero-order valence-corrected chi connectivity index (χ0v) is 15.0. The molecule has 1 amide bonds. The number of thiazole rings is 1. The highest BCUT2D eigenvalue weighted by molar-refractivity contribution is 7.13. The predicted octanol–water partition coefficient (Wildman–Crippen LogP) is 3.67. The summed E-state index contributed by atoms with van der Waals surface area (Å²) < 4.78 is 5.27. The van der Waals surface area contributed by atoms with Crippen molar-refractivity contribution in [3.63, 3.8) is 0 Å². The van der Waals surface area contributed by atoms with Gasteiger partial charge in [-0.1, -0.05) is 48.5 Å². The van der Waals surface area contributed by atoms with Crippen LogP contribution < -0.4 is 5.32 Å². The molecule has 2 aromatic carbocycles. The molecule has 0 fully saturated rings. The third-order valence-corrected chi connectivity index (χ3v) is 4.61. The number of hydrogen-bond acceptors (Lipinski definition) is 5. The molecule has 0 spiro atoms. The van der Waals surface area contributed by atoms with E-state index >= 15 is 0 Å². The van der Waals surface area contributed by atoms with E-state index in [0.717, 1.165) is 10.6 Å². The normalized spacial score (nSPS) is 11.6. The number of benzene rings is 2. The molecule has 0 saturated carbocycles. The van der Waals surface area contributed by atoms with Gasteiger partial charge in [0.15, 0.2) is 0 Å². The molecule has 0 aliphatic carbocycles. The Morgan fingerprint density at radius 1 is 1.08 bits per heavy atom. The molecular weight excluding hydrogens is 348 g/mol. The summed E-state index contributed by atoms with van der Waals surface area (Å²) in [6, 6.07) is 17.8. The first-order chi connectivity index (χ1) is 12.6. The van der Waals surface area contributed by atoms with Crippen molar-refractivity contribution in [3.05, 3.63) is 77.3 Å². The van der Waals surface area contributed by atoms with Gasteiger partial charge in [0.1, 0.15) is 17.7 Å². The molecule has 0 radical (unpaired) electrons. The highest BCUT2D eigenvalue weighted by atomic mass is 32.1. The number of carbonyl (C=O) groups excluding carboxylic acids is 2. The highest BCUT2D eigenvalue weighted by Gasteiger charge is 2.18. The van der Waals surface area contributed by atoms with Crippen LogP contribution in [0.15, 0.2) is 66.0 Å². The van der Waals surface area contributed by atoms with Crippen molar-refractivity contribution in [2.75, 3.05) is 0 Å². The van der Waals surface area contributed by atoms with Gasteiger partial charge in [-0.25, -0.2) is 9.78 Å². The quantitative estimate of drug-likeness (QED) is 0.676. The van der Waals surface area contributed by atoms with Gasteiger partial charge in [-0.3, -0.25) is 4.79 Å². The third-order valence-electron chi connectivity index (χ3n) is 3.67. The van der Waals surface area contributed by atoms with Crippen LogP contribution in [0.25, 0.3) is 10.6 Å². The molecule has 0 bridgehead atoms. The van der Waals surface area contributed by atoms with Gasteiger partial charge in [0.2, 0.25) is 0 Å². The molecule has 0 unspecified atom stereocenters. The van der Waals surface area contributed by atoms with Crippen LogP contribution in [0.2, 0.25) is 0 Å². The van der Waals surface area contributed by atoms with Crippen LogP contribution in [0.1, 0.15) is 23.0 Å². The highest BCUT2D eigenvalue weighted by Crippen LogP contribution is 2.23. The van der Waals surface area contributed by atoms with Crippen molar-refractivity contribution in [1.82, 2.24) is 10.3 Å². The summed E-state index contributed by atoms with van der Waals surface area (Å²) in [7, 11) is 0. The predicted molar refractivity (Wildman–Crippen MR) is 101 cm³/mol. The van der Waals surface area contributed by atoms with E-state index in [0.29, 0.717) is 11.3 Å². The molecule has 3 aromatic rings. The van der Waals surface area contributed by atoms with Crippen LogP contribution in [0.4, 0.5) is 0 Å². The fraction of sp³-hybridized carbons (Fsp3) is 0.150. The van der Waals surface area contributed by atoms with Gasteiger partial charge in [0, 0.05) is 16.5 Å². The summed E-state index contributed by atoms with van der Waals surface area (Å²) in [4.78, 5) is 28.6. The molecular formula is C20H18N2O3S. The number of ether oxygens (including phenoxy) is 1. The first-order valence-electron chi connectivity index (χ1n) is 8.16. The molecule has 0 aliphatic heterocycles. The Labute approximate surface area is 155 Å². The molecule has 1 heterocycles. The number of esters is 1. The lowest BCUT2D eigenvalue weighted by Gasteiger charge is -2.12. The molecule has 1 atom stereocenters. The summed E-state index contributed by atoms with van der Waals surface area (Å²) in [6.07, 6.45) is 0. The fourth-order valence-corrected chi connectivity index (χ4v) is 3.10. The van der Waals surface area contributed by atoms with E-state index in [-0.39, 0.29) is 12.5 Å². The number of nitrogens with one attached hydrogen (secondary N) is 1. The van der Waals surface area contributed by atoms with Crippen molar-refractivity contribution >= 4 is 23.2 Å². The lowest BCUT2D eigenvalue weighted by molar-refractivity contribution is -0.146. The average Bonchev–Trinajstić information content (AvgIpc) is 3.16. The van der Waals surface area contributed by atoms with Crippen molar-refractivity contribution in [2.45, 2.75) is 19.6 Å². The second kappa shape index (κ2) is 8.40. The van der Waals surface area contributed by atoms with Gasteiger partial charge in [-0.05, 0) is 19.1 Å². The number of aromatic nitrogens is 1. The van der Waals surface area contributed by atoms with Crippen LogP contribution in [0.5, 0.6) is 0 Å². The first-order valence-corrected chi connectivity index (χ1v) is 9.04. The zero-order chi connectivity index (χ0) is 18.4. The molecule has 6 heteroatoms. The van der Waals surface area contributed by atoms with Gasteiger partial charge in [0.05, 0.1) is 5.69 Å². The Hall–Kier alpha value is -2.99. The summed E-state index contributed by atoms with van der Waals surface area (Å²) in [6.45, 7) is 1.67. The Kier molecular flexibility index (Phi) is 5.76. The standard InChI is InChI=1S/C20H18N2O3S/c1-14(21-18(23)15-8-4-2-5-9-15)20(24)25-12-17-13-26-19(22-17)16-10-6-3-7-11-16/h2-11,13-14H,12H2,1H3,(H,21,23)/t14-/m1/s1. The van der Waals surface area contributed by atoms with Crippen LogP contribution >= 0.6 is 11.3 Å². The molecule has 26 heavy (non-hydrogen) atoms. The second-order valence-corrected chi connectivity index (χ2v) is 6.54. The Morgan fingerprint density at radius 3 is 2.42 bits per heavy atom. The zero-order valence-electron chi connectivity index (χ0n) is 14.2. The van der Waals surface area contributed by atoms with Crippen LogP contribution in [0.3, 0.4) is 0 Å². The Balaban J connectivity index is 1.52.